The van der Waals surface area contributed by atoms with Crippen LogP contribution in [-0.4, -0.2) is 25.3 Å². The summed E-state index contributed by atoms with van der Waals surface area (Å²) >= 11 is 0. The first-order valence-corrected chi connectivity index (χ1v) is 5.13. The summed E-state index contributed by atoms with van der Waals surface area (Å²) in [6.45, 7) is 5.04. The minimum absolute atomic E-state index is 0.00931. The Labute approximate surface area is 85.1 Å². The van der Waals surface area contributed by atoms with Gasteiger partial charge in [-0.2, -0.15) is 0 Å². The molecule has 0 aromatic rings. The van der Waals surface area contributed by atoms with Crippen LogP contribution in [0.1, 0.15) is 26.7 Å². The summed E-state index contributed by atoms with van der Waals surface area (Å²) in [5, 5.41) is 0. The van der Waals surface area contributed by atoms with E-state index in [2.05, 4.69) is 6.08 Å². The molecule has 1 aliphatic heterocycles. The van der Waals surface area contributed by atoms with E-state index >= 15 is 0 Å². The highest BCUT2D eigenvalue weighted by molar-refractivity contribution is 5.71. The number of allylic oxidation sites excluding steroid dienone is 2. The minimum atomic E-state index is -0.106. The van der Waals surface area contributed by atoms with Crippen LogP contribution in [0.3, 0.4) is 0 Å². The lowest BCUT2D eigenvalue weighted by Gasteiger charge is -2.08. The van der Waals surface area contributed by atoms with E-state index in [1.165, 1.54) is 0 Å². The summed E-state index contributed by atoms with van der Waals surface area (Å²) in [4.78, 5) is 11.4. The molecular formula is C11H18O3. The van der Waals surface area contributed by atoms with Crippen LogP contribution in [0.15, 0.2) is 12.2 Å². The topological polar surface area (TPSA) is 38.8 Å². The molecule has 1 rings (SSSR count). The second-order valence-corrected chi connectivity index (χ2v) is 3.63. The van der Waals surface area contributed by atoms with Gasteiger partial charge in [0.2, 0.25) is 0 Å². The normalized spacial score (nSPS) is 22.3. The third kappa shape index (κ3) is 4.42. The Kier molecular flexibility index (Phi) is 4.66. The molecule has 1 fully saturated rings. The fraction of sp³-hybridized carbons (Fsp3) is 0.727. The summed E-state index contributed by atoms with van der Waals surface area (Å²) in [6.07, 6.45) is 6.02. The lowest BCUT2D eigenvalue weighted by molar-refractivity contribution is -0.148. The maximum atomic E-state index is 11.4. The predicted molar refractivity (Wildman–Crippen MR) is 53.9 cm³/mol. The molecule has 0 radical (unpaired) electrons. The number of epoxide rings is 1. The molecule has 0 N–H and O–H groups in total. The highest BCUT2D eigenvalue weighted by Gasteiger charge is 2.25. The van der Waals surface area contributed by atoms with Crippen molar-refractivity contribution in [1.29, 1.82) is 0 Å². The van der Waals surface area contributed by atoms with Gasteiger partial charge in [-0.1, -0.05) is 19.1 Å². The molecule has 3 nitrogen and oxygen atoms in total. The maximum absolute atomic E-state index is 11.4. The first-order valence-electron chi connectivity index (χ1n) is 5.13. The van der Waals surface area contributed by atoms with Crippen molar-refractivity contribution in [3.8, 4) is 0 Å². The third-order valence-corrected chi connectivity index (χ3v) is 2.22. The highest BCUT2D eigenvalue weighted by atomic mass is 16.6. The standard InChI is InChI=1S/C11H18O3/c1-3-4-5-6-9(2)11(12)14-8-10-7-13-10/h3-4,9-10H,5-8H2,1-2H3. The van der Waals surface area contributed by atoms with Gasteiger partial charge in [0.15, 0.2) is 0 Å². The van der Waals surface area contributed by atoms with Crippen molar-refractivity contribution >= 4 is 5.97 Å². The van der Waals surface area contributed by atoms with Gasteiger partial charge in [-0.25, -0.2) is 0 Å². The van der Waals surface area contributed by atoms with E-state index in [1.807, 2.05) is 19.9 Å². The molecule has 3 heteroatoms. The second-order valence-electron chi connectivity index (χ2n) is 3.63. The Bertz CT molecular complexity index is 207. The van der Waals surface area contributed by atoms with Gasteiger partial charge in [-0.15, -0.1) is 0 Å². The molecule has 14 heavy (non-hydrogen) atoms. The first kappa shape index (κ1) is 11.2. The van der Waals surface area contributed by atoms with E-state index in [-0.39, 0.29) is 18.0 Å². The van der Waals surface area contributed by atoms with Crippen molar-refractivity contribution in [2.75, 3.05) is 13.2 Å². The molecule has 0 bridgehead atoms. The van der Waals surface area contributed by atoms with Gasteiger partial charge in [0.1, 0.15) is 12.7 Å². The van der Waals surface area contributed by atoms with Crippen LogP contribution in [-0.2, 0) is 14.3 Å². The largest absolute Gasteiger partial charge is 0.463 e. The van der Waals surface area contributed by atoms with Crippen molar-refractivity contribution < 1.29 is 14.3 Å². The minimum Gasteiger partial charge on any atom is -0.463 e. The summed E-state index contributed by atoms with van der Waals surface area (Å²) in [7, 11) is 0. The molecular weight excluding hydrogens is 180 g/mol. The SMILES string of the molecule is CC=CCCC(C)C(=O)OCC1CO1. The van der Waals surface area contributed by atoms with Crippen molar-refractivity contribution in [3.63, 3.8) is 0 Å². The first-order chi connectivity index (χ1) is 6.74. The van der Waals surface area contributed by atoms with E-state index in [9.17, 15) is 4.79 Å². The molecule has 2 atom stereocenters. The Morgan fingerprint density at radius 2 is 2.43 bits per heavy atom. The second kappa shape index (κ2) is 5.81. The van der Waals surface area contributed by atoms with Gasteiger partial charge in [0.05, 0.1) is 12.5 Å². The van der Waals surface area contributed by atoms with E-state index in [0.717, 1.165) is 19.4 Å². The molecule has 1 saturated heterocycles. The van der Waals surface area contributed by atoms with Crippen LogP contribution in [0.5, 0.6) is 0 Å². The molecule has 0 amide bonds. The fourth-order valence-corrected chi connectivity index (χ4v) is 1.11. The smallest absolute Gasteiger partial charge is 0.308 e. The average Bonchev–Trinajstić information content (AvgIpc) is 2.98. The van der Waals surface area contributed by atoms with E-state index in [1.54, 1.807) is 0 Å². The van der Waals surface area contributed by atoms with E-state index in [0.29, 0.717) is 6.61 Å². The molecule has 80 valence electrons. The van der Waals surface area contributed by atoms with Crippen molar-refractivity contribution in [1.82, 2.24) is 0 Å². The Balaban J connectivity index is 2.07. The summed E-state index contributed by atoms with van der Waals surface area (Å²) in [5.74, 6) is -0.116. The average molecular weight is 198 g/mol. The molecule has 1 aliphatic rings. The predicted octanol–water partition coefficient (Wildman–Crippen LogP) is 1.92. The molecule has 0 spiro atoms. The lowest BCUT2D eigenvalue weighted by atomic mass is 10.1. The number of hydrogen-bond acceptors (Lipinski definition) is 3. The zero-order chi connectivity index (χ0) is 10.4. The van der Waals surface area contributed by atoms with Gasteiger partial charge in [0.25, 0.3) is 0 Å². The Hall–Kier alpha value is -0.830. The molecule has 0 saturated carbocycles. The highest BCUT2D eigenvalue weighted by Crippen LogP contribution is 2.12. The summed E-state index contributed by atoms with van der Waals surface area (Å²) in [6, 6.07) is 0. The van der Waals surface area contributed by atoms with Crippen LogP contribution in [0.2, 0.25) is 0 Å². The summed E-state index contributed by atoms with van der Waals surface area (Å²) < 4.78 is 10.0. The zero-order valence-electron chi connectivity index (χ0n) is 8.86. The Morgan fingerprint density at radius 3 is 3.00 bits per heavy atom. The van der Waals surface area contributed by atoms with Crippen LogP contribution in [0.4, 0.5) is 0 Å². The molecule has 0 aromatic carbocycles. The monoisotopic (exact) mass is 198 g/mol. The number of carbonyl (C=O) groups excluding carboxylic acids is 1. The van der Waals surface area contributed by atoms with Gasteiger partial charge in [-0.3, -0.25) is 4.79 Å². The van der Waals surface area contributed by atoms with Gasteiger partial charge in [-0.05, 0) is 19.8 Å². The maximum Gasteiger partial charge on any atom is 0.308 e. The number of rotatable bonds is 6. The summed E-state index contributed by atoms with van der Waals surface area (Å²) in [5.41, 5.74) is 0. The molecule has 1 heterocycles. The lowest BCUT2D eigenvalue weighted by Crippen LogP contribution is -2.17. The van der Waals surface area contributed by atoms with E-state index in [4.69, 9.17) is 9.47 Å². The van der Waals surface area contributed by atoms with Crippen molar-refractivity contribution in [2.24, 2.45) is 5.92 Å². The molecule has 0 aromatic heterocycles. The fourth-order valence-electron chi connectivity index (χ4n) is 1.11. The van der Waals surface area contributed by atoms with Gasteiger partial charge < -0.3 is 9.47 Å². The molecule has 0 aliphatic carbocycles. The molecule has 2 unspecified atom stereocenters. The quantitative estimate of drug-likeness (QED) is 0.372. The van der Waals surface area contributed by atoms with Crippen LogP contribution in [0, 0.1) is 5.92 Å². The van der Waals surface area contributed by atoms with Gasteiger partial charge in [0, 0.05) is 0 Å². The number of hydrogen-bond donors (Lipinski definition) is 0. The number of carbonyl (C=O) groups is 1. The van der Waals surface area contributed by atoms with E-state index < -0.39 is 0 Å². The number of ether oxygens (including phenoxy) is 2. The van der Waals surface area contributed by atoms with Gasteiger partial charge >= 0.3 is 5.97 Å². The van der Waals surface area contributed by atoms with Crippen molar-refractivity contribution in [2.45, 2.75) is 32.8 Å². The van der Waals surface area contributed by atoms with Crippen LogP contribution in [0.25, 0.3) is 0 Å². The number of esters is 1. The zero-order valence-corrected chi connectivity index (χ0v) is 8.86. The Morgan fingerprint density at radius 1 is 1.71 bits per heavy atom. The third-order valence-electron chi connectivity index (χ3n) is 2.22. The van der Waals surface area contributed by atoms with Crippen LogP contribution >= 0.6 is 0 Å². The van der Waals surface area contributed by atoms with Crippen molar-refractivity contribution in [3.05, 3.63) is 12.2 Å². The van der Waals surface area contributed by atoms with Crippen LogP contribution < -0.4 is 0 Å².